The summed E-state index contributed by atoms with van der Waals surface area (Å²) in [6.45, 7) is 15.7. The standard InChI is InChI=1S/C40H55N3O5/c1-9-10-11-12-13-14-24-43(38(46)34(41-39(47)48-40(6,7)8)26-31-19-21-32(44)22-20-31)36(33-23-18-27(2)25-30(33)5)37(45)42-35-28(3)16-15-17-29(35)4/h15-23,25,34,36,44H,9-14,24,26H2,1-8H3,(H,41,47)(H,42,45). The van der Waals surface area contributed by atoms with E-state index in [0.717, 1.165) is 71.2 Å². The Bertz CT molecular complexity index is 1510. The first kappa shape index (κ1) is 38.1. The minimum Gasteiger partial charge on any atom is -0.508 e. The Morgan fingerprint density at radius 1 is 0.833 bits per heavy atom. The van der Waals surface area contributed by atoms with Gasteiger partial charge in [-0.3, -0.25) is 9.59 Å². The largest absolute Gasteiger partial charge is 0.508 e. The Morgan fingerprint density at radius 2 is 1.46 bits per heavy atom. The van der Waals surface area contributed by atoms with Crippen molar-refractivity contribution in [3.8, 4) is 5.75 Å². The lowest BCUT2D eigenvalue weighted by Gasteiger charge is -2.35. The number of amides is 3. The summed E-state index contributed by atoms with van der Waals surface area (Å²) in [4.78, 5) is 44.3. The van der Waals surface area contributed by atoms with Gasteiger partial charge in [-0.1, -0.05) is 93.1 Å². The number of phenols is 1. The maximum atomic E-state index is 14.9. The van der Waals surface area contributed by atoms with Crippen LogP contribution in [0.4, 0.5) is 10.5 Å². The van der Waals surface area contributed by atoms with Gasteiger partial charge in [-0.15, -0.1) is 0 Å². The van der Waals surface area contributed by atoms with Gasteiger partial charge in [-0.05, 0) is 94.8 Å². The zero-order valence-electron chi connectivity index (χ0n) is 30.1. The van der Waals surface area contributed by atoms with E-state index in [4.69, 9.17) is 4.74 Å². The molecule has 0 aliphatic rings. The van der Waals surface area contributed by atoms with Crippen LogP contribution in [0, 0.1) is 27.7 Å². The van der Waals surface area contributed by atoms with E-state index in [1.54, 1.807) is 49.9 Å². The number of unbranched alkanes of at least 4 members (excludes halogenated alkanes) is 5. The number of alkyl carbamates (subject to hydrolysis) is 1. The van der Waals surface area contributed by atoms with Gasteiger partial charge in [0.05, 0.1) is 0 Å². The molecule has 2 atom stereocenters. The SMILES string of the molecule is CCCCCCCCN(C(=O)C(Cc1ccc(O)cc1)NC(=O)OC(C)(C)C)C(C(=O)Nc1c(C)cccc1C)c1ccc(C)cc1C. The number of anilines is 1. The second-order valence-corrected chi connectivity index (χ2v) is 13.9. The maximum Gasteiger partial charge on any atom is 0.408 e. The molecule has 3 rings (SSSR count). The first-order chi connectivity index (χ1) is 22.7. The van der Waals surface area contributed by atoms with Crippen LogP contribution >= 0.6 is 0 Å². The van der Waals surface area contributed by atoms with Crippen LogP contribution in [0.15, 0.2) is 60.7 Å². The van der Waals surface area contributed by atoms with Crippen LogP contribution in [0.5, 0.6) is 5.75 Å². The van der Waals surface area contributed by atoms with E-state index >= 15 is 0 Å². The highest BCUT2D eigenvalue weighted by atomic mass is 16.6. The number of carbonyl (C=O) groups excluding carboxylic acids is 3. The molecule has 0 aliphatic carbocycles. The van der Waals surface area contributed by atoms with Crippen LogP contribution in [0.25, 0.3) is 0 Å². The normalized spacial score (nSPS) is 12.6. The molecule has 0 radical (unpaired) electrons. The minimum atomic E-state index is -1.04. The Hall–Kier alpha value is -4.33. The van der Waals surface area contributed by atoms with E-state index in [2.05, 4.69) is 17.6 Å². The zero-order chi connectivity index (χ0) is 35.4. The van der Waals surface area contributed by atoms with Crippen molar-refractivity contribution in [2.45, 2.75) is 118 Å². The quantitative estimate of drug-likeness (QED) is 0.142. The summed E-state index contributed by atoms with van der Waals surface area (Å²) in [5.41, 5.74) is 5.21. The molecular formula is C40H55N3O5. The fourth-order valence-electron chi connectivity index (χ4n) is 5.93. The maximum absolute atomic E-state index is 14.9. The van der Waals surface area contributed by atoms with E-state index in [9.17, 15) is 19.5 Å². The van der Waals surface area contributed by atoms with E-state index in [1.165, 1.54) is 0 Å². The van der Waals surface area contributed by atoms with Crippen molar-refractivity contribution in [3.63, 3.8) is 0 Å². The second kappa shape index (κ2) is 17.7. The van der Waals surface area contributed by atoms with Crippen LogP contribution in [-0.4, -0.2) is 46.1 Å². The highest BCUT2D eigenvalue weighted by Crippen LogP contribution is 2.30. The van der Waals surface area contributed by atoms with E-state index in [1.807, 2.05) is 64.1 Å². The lowest BCUT2D eigenvalue weighted by atomic mass is 9.95. The summed E-state index contributed by atoms with van der Waals surface area (Å²) in [7, 11) is 0. The van der Waals surface area contributed by atoms with Crippen molar-refractivity contribution < 1.29 is 24.2 Å². The number of aryl methyl sites for hydroxylation is 4. The van der Waals surface area contributed by atoms with Gasteiger partial charge in [0.15, 0.2) is 0 Å². The molecule has 3 N–H and O–H groups in total. The number of nitrogens with one attached hydrogen (secondary N) is 2. The van der Waals surface area contributed by atoms with Crippen LogP contribution in [-0.2, 0) is 20.7 Å². The van der Waals surface area contributed by atoms with Crippen molar-refractivity contribution in [1.29, 1.82) is 0 Å². The van der Waals surface area contributed by atoms with Crippen molar-refractivity contribution in [2.75, 3.05) is 11.9 Å². The lowest BCUT2D eigenvalue weighted by molar-refractivity contribution is -0.140. The molecule has 0 saturated heterocycles. The molecule has 8 nitrogen and oxygen atoms in total. The lowest BCUT2D eigenvalue weighted by Crippen LogP contribution is -2.53. The van der Waals surface area contributed by atoms with Crippen LogP contribution in [0.3, 0.4) is 0 Å². The van der Waals surface area contributed by atoms with E-state index < -0.39 is 23.8 Å². The summed E-state index contributed by atoms with van der Waals surface area (Å²) in [6, 6.07) is 16.3. The van der Waals surface area contributed by atoms with Crippen LogP contribution in [0.1, 0.15) is 106 Å². The first-order valence-electron chi connectivity index (χ1n) is 17.2. The number of hydrogen-bond acceptors (Lipinski definition) is 5. The number of nitrogens with zero attached hydrogens (tertiary/aromatic N) is 1. The first-order valence-corrected chi connectivity index (χ1v) is 17.2. The van der Waals surface area contributed by atoms with E-state index in [0.29, 0.717) is 13.0 Å². The number of benzene rings is 3. The molecule has 0 fully saturated rings. The van der Waals surface area contributed by atoms with Gasteiger partial charge >= 0.3 is 6.09 Å². The molecule has 3 aromatic rings. The predicted octanol–water partition coefficient (Wildman–Crippen LogP) is 8.63. The summed E-state index contributed by atoms with van der Waals surface area (Å²) >= 11 is 0. The molecule has 0 heterocycles. The second-order valence-electron chi connectivity index (χ2n) is 13.9. The fraction of sp³-hybridized carbons (Fsp3) is 0.475. The smallest absolute Gasteiger partial charge is 0.408 e. The van der Waals surface area contributed by atoms with Gasteiger partial charge < -0.3 is 25.4 Å². The average Bonchev–Trinajstić information content (AvgIpc) is 3.00. The molecule has 0 spiro atoms. The van der Waals surface area contributed by atoms with Crippen molar-refractivity contribution in [1.82, 2.24) is 10.2 Å². The Balaban J connectivity index is 2.12. The molecule has 48 heavy (non-hydrogen) atoms. The summed E-state index contributed by atoms with van der Waals surface area (Å²) in [6.07, 6.45) is 5.46. The number of rotatable bonds is 15. The predicted molar refractivity (Wildman–Crippen MR) is 193 cm³/mol. The molecule has 0 aromatic heterocycles. The number of aromatic hydroxyl groups is 1. The molecule has 0 aliphatic heterocycles. The number of hydrogen-bond donors (Lipinski definition) is 3. The third-order valence-corrected chi connectivity index (χ3v) is 8.41. The van der Waals surface area contributed by atoms with Gasteiger partial charge in [0.1, 0.15) is 23.4 Å². The fourth-order valence-corrected chi connectivity index (χ4v) is 5.93. The summed E-state index contributed by atoms with van der Waals surface area (Å²) < 4.78 is 5.58. The average molecular weight is 658 g/mol. The molecule has 3 aromatic carbocycles. The minimum absolute atomic E-state index is 0.101. The van der Waals surface area contributed by atoms with Crippen LogP contribution < -0.4 is 10.6 Å². The van der Waals surface area contributed by atoms with Gasteiger partial charge in [0, 0.05) is 18.7 Å². The zero-order valence-corrected chi connectivity index (χ0v) is 30.1. The number of phenolic OH excluding ortho intramolecular Hbond substituents is 1. The number of ether oxygens (including phenoxy) is 1. The van der Waals surface area contributed by atoms with Crippen molar-refractivity contribution >= 4 is 23.6 Å². The van der Waals surface area contributed by atoms with Crippen LogP contribution in [0.2, 0.25) is 0 Å². The van der Waals surface area contributed by atoms with Gasteiger partial charge in [-0.2, -0.15) is 0 Å². The highest BCUT2D eigenvalue weighted by Gasteiger charge is 2.37. The monoisotopic (exact) mass is 657 g/mol. The third-order valence-electron chi connectivity index (χ3n) is 8.41. The Morgan fingerprint density at radius 3 is 2.06 bits per heavy atom. The molecule has 0 saturated carbocycles. The number of para-hydroxylation sites is 1. The molecular weight excluding hydrogens is 602 g/mol. The Labute approximate surface area is 287 Å². The molecule has 2 unspecified atom stereocenters. The summed E-state index contributed by atoms with van der Waals surface area (Å²) in [5.74, 6) is -0.604. The van der Waals surface area contributed by atoms with Crippen molar-refractivity contribution in [2.24, 2.45) is 0 Å². The van der Waals surface area contributed by atoms with Crippen molar-refractivity contribution in [3.05, 3.63) is 94.0 Å². The summed E-state index contributed by atoms with van der Waals surface area (Å²) in [5, 5.41) is 15.9. The topological polar surface area (TPSA) is 108 Å². The molecule has 0 bridgehead atoms. The highest BCUT2D eigenvalue weighted by molar-refractivity contribution is 6.00. The Kier molecular flexibility index (Phi) is 14.1. The molecule has 3 amide bonds. The number of carbonyl (C=O) groups is 3. The van der Waals surface area contributed by atoms with Gasteiger partial charge in [0.2, 0.25) is 5.91 Å². The molecule has 260 valence electrons. The third kappa shape index (κ3) is 11.4. The molecule has 8 heteroatoms. The van der Waals surface area contributed by atoms with E-state index in [-0.39, 0.29) is 24.0 Å². The van der Waals surface area contributed by atoms with Gasteiger partial charge in [0.25, 0.3) is 5.91 Å². The van der Waals surface area contributed by atoms with Gasteiger partial charge in [-0.25, -0.2) is 4.79 Å².